The van der Waals surface area contributed by atoms with E-state index in [4.69, 9.17) is 10.5 Å². The molecule has 0 atom stereocenters. The third kappa shape index (κ3) is 2.76. The quantitative estimate of drug-likeness (QED) is 0.920. The molecule has 1 aromatic heterocycles. The van der Waals surface area contributed by atoms with Crippen molar-refractivity contribution >= 4 is 0 Å². The van der Waals surface area contributed by atoms with Gasteiger partial charge < -0.3 is 10.5 Å². The average Bonchev–Trinajstić information content (AvgIpc) is 2.63. The third-order valence-corrected chi connectivity index (χ3v) is 3.16. The minimum atomic E-state index is -0.281. The summed E-state index contributed by atoms with van der Waals surface area (Å²) in [4.78, 5) is 0. The molecule has 4 nitrogen and oxygen atoms in total. The van der Waals surface area contributed by atoms with Crippen LogP contribution in [-0.4, -0.2) is 9.78 Å². The Hall–Kier alpha value is -1.88. The first-order chi connectivity index (χ1) is 9.02. The molecule has 0 unspecified atom stereocenters. The lowest BCUT2D eigenvalue weighted by atomic mass is 10.1. The molecule has 0 amide bonds. The van der Waals surface area contributed by atoms with E-state index < -0.39 is 0 Å². The smallest absolute Gasteiger partial charge is 0.163 e. The van der Waals surface area contributed by atoms with E-state index in [1.807, 2.05) is 20.9 Å². The van der Waals surface area contributed by atoms with Gasteiger partial charge in [0, 0.05) is 19.2 Å². The van der Waals surface area contributed by atoms with Gasteiger partial charge in [-0.3, -0.25) is 4.68 Å². The number of nitrogens with two attached hydrogens (primary N) is 1. The number of nitrogens with zero attached hydrogens (tertiary/aromatic N) is 2. The van der Waals surface area contributed by atoms with Crippen molar-refractivity contribution in [1.29, 1.82) is 0 Å². The molecular weight excluding hydrogens is 245 g/mol. The first-order valence-corrected chi connectivity index (χ1v) is 6.13. The molecule has 0 radical (unpaired) electrons. The molecule has 0 saturated heterocycles. The van der Waals surface area contributed by atoms with E-state index in [0.29, 0.717) is 17.9 Å². The molecule has 1 heterocycles. The molecule has 0 bridgehead atoms. The van der Waals surface area contributed by atoms with E-state index in [1.165, 1.54) is 6.07 Å². The predicted octanol–water partition coefficient (Wildman–Crippen LogP) is 2.21. The highest BCUT2D eigenvalue weighted by Crippen LogP contribution is 2.23. The lowest BCUT2D eigenvalue weighted by Crippen LogP contribution is -2.03. The Morgan fingerprint density at radius 1 is 1.37 bits per heavy atom. The van der Waals surface area contributed by atoms with E-state index in [1.54, 1.807) is 16.8 Å². The van der Waals surface area contributed by atoms with Crippen LogP contribution < -0.4 is 10.5 Å². The van der Waals surface area contributed by atoms with Crippen molar-refractivity contribution in [3.05, 3.63) is 46.5 Å². The van der Waals surface area contributed by atoms with Crippen molar-refractivity contribution in [2.45, 2.75) is 27.0 Å². The third-order valence-electron chi connectivity index (χ3n) is 3.16. The Morgan fingerprint density at radius 2 is 2.11 bits per heavy atom. The van der Waals surface area contributed by atoms with Gasteiger partial charge in [0.1, 0.15) is 18.1 Å². The minimum absolute atomic E-state index is 0.174. The number of aromatic nitrogens is 2. The highest BCUT2D eigenvalue weighted by Gasteiger charge is 2.12. The maximum absolute atomic E-state index is 13.7. The van der Waals surface area contributed by atoms with Crippen molar-refractivity contribution in [1.82, 2.24) is 9.78 Å². The highest BCUT2D eigenvalue weighted by molar-refractivity contribution is 5.32. The molecule has 0 spiro atoms. The molecule has 0 fully saturated rings. The maximum Gasteiger partial charge on any atom is 0.163 e. The van der Waals surface area contributed by atoms with Crippen molar-refractivity contribution in [3.8, 4) is 5.75 Å². The SMILES string of the molecule is Cc1nn(C)c(C)c1OCc1cc(CN)ccc1F. The van der Waals surface area contributed by atoms with Crippen molar-refractivity contribution in [2.24, 2.45) is 12.8 Å². The Labute approximate surface area is 112 Å². The lowest BCUT2D eigenvalue weighted by molar-refractivity contribution is 0.295. The largest absolute Gasteiger partial charge is 0.485 e. The van der Waals surface area contributed by atoms with Crippen LogP contribution in [0.25, 0.3) is 0 Å². The molecule has 0 aliphatic heterocycles. The summed E-state index contributed by atoms with van der Waals surface area (Å²) in [5.41, 5.74) is 8.67. The monoisotopic (exact) mass is 263 g/mol. The first kappa shape index (κ1) is 13.5. The van der Waals surface area contributed by atoms with Crippen LogP contribution in [0.4, 0.5) is 4.39 Å². The summed E-state index contributed by atoms with van der Waals surface area (Å²) >= 11 is 0. The fourth-order valence-electron chi connectivity index (χ4n) is 1.98. The molecule has 0 aliphatic carbocycles. The normalized spacial score (nSPS) is 10.8. The molecule has 2 aromatic rings. The van der Waals surface area contributed by atoms with Crippen LogP contribution in [0, 0.1) is 19.7 Å². The summed E-state index contributed by atoms with van der Waals surface area (Å²) in [5.74, 6) is 0.427. The van der Waals surface area contributed by atoms with Crippen LogP contribution in [0.1, 0.15) is 22.5 Å². The number of benzene rings is 1. The van der Waals surface area contributed by atoms with Gasteiger partial charge in [-0.1, -0.05) is 6.07 Å². The van der Waals surface area contributed by atoms with Gasteiger partial charge in [-0.15, -0.1) is 0 Å². The van der Waals surface area contributed by atoms with Crippen LogP contribution in [-0.2, 0) is 20.2 Å². The van der Waals surface area contributed by atoms with E-state index in [0.717, 1.165) is 17.0 Å². The zero-order valence-corrected chi connectivity index (χ0v) is 11.4. The van der Waals surface area contributed by atoms with Gasteiger partial charge in [0.25, 0.3) is 0 Å². The van der Waals surface area contributed by atoms with Gasteiger partial charge in [-0.2, -0.15) is 5.10 Å². The van der Waals surface area contributed by atoms with Crippen molar-refractivity contribution < 1.29 is 9.13 Å². The summed E-state index contributed by atoms with van der Waals surface area (Å²) in [6.07, 6.45) is 0. The van der Waals surface area contributed by atoms with Crippen molar-refractivity contribution in [3.63, 3.8) is 0 Å². The van der Waals surface area contributed by atoms with E-state index in [2.05, 4.69) is 5.10 Å². The summed E-state index contributed by atoms with van der Waals surface area (Å²) in [5, 5.41) is 4.26. The average molecular weight is 263 g/mol. The number of halogens is 1. The second-order valence-corrected chi connectivity index (χ2v) is 4.54. The Morgan fingerprint density at radius 3 is 2.68 bits per heavy atom. The van der Waals surface area contributed by atoms with Crippen LogP contribution in [0.15, 0.2) is 18.2 Å². The highest BCUT2D eigenvalue weighted by atomic mass is 19.1. The minimum Gasteiger partial charge on any atom is -0.485 e. The molecule has 2 rings (SSSR count). The van der Waals surface area contributed by atoms with Gasteiger partial charge in [-0.05, 0) is 31.5 Å². The Bertz CT molecular complexity index is 593. The number of aryl methyl sites for hydroxylation is 2. The number of ether oxygens (including phenoxy) is 1. The number of hydrogen-bond acceptors (Lipinski definition) is 3. The van der Waals surface area contributed by atoms with Gasteiger partial charge in [0.05, 0.1) is 5.69 Å². The molecule has 2 N–H and O–H groups in total. The summed E-state index contributed by atoms with van der Waals surface area (Å²) in [6.45, 7) is 4.35. The van der Waals surface area contributed by atoms with Crippen LogP contribution in [0.2, 0.25) is 0 Å². The lowest BCUT2D eigenvalue weighted by Gasteiger charge is -2.09. The van der Waals surface area contributed by atoms with Crippen LogP contribution in [0.3, 0.4) is 0 Å². The zero-order valence-electron chi connectivity index (χ0n) is 11.4. The molecule has 102 valence electrons. The number of hydrogen-bond donors (Lipinski definition) is 1. The van der Waals surface area contributed by atoms with Crippen molar-refractivity contribution in [2.75, 3.05) is 0 Å². The fraction of sp³-hybridized carbons (Fsp3) is 0.357. The van der Waals surface area contributed by atoms with Gasteiger partial charge in [-0.25, -0.2) is 4.39 Å². The van der Waals surface area contributed by atoms with E-state index in [-0.39, 0.29) is 12.4 Å². The predicted molar refractivity (Wildman–Crippen MR) is 71.3 cm³/mol. The summed E-state index contributed by atoms with van der Waals surface area (Å²) in [7, 11) is 1.85. The number of rotatable bonds is 4. The topological polar surface area (TPSA) is 53.1 Å². The second-order valence-electron chi connectivity index (χ2n) is 4.54. The molecule has 5 heteroatoms. The van der Waals surface area contributed by atoms with Gasteiger partial charge in [0.2, 0.25) is 0 Å². The van der Waals surface area contributed by atoms with E-state index in [9.17, 15) is 4.39 Å². The molecule has 19 heavy (non-hydrogen) atoms. The second kappa shape index (κ2) is 5.40. The zero-order chi connectivity index (χ0) is 14.0. The molecule has 0 aliphatic rings. The summed E-state index contributed by atoms with van der Waals surface area (Å²) < 4.78 is 21.1. The van der Waals surface area contributed by atoms with Crippen LogP contribution >= 0.6 is 0 Å². The fourth-order valence-corrected chi connectivity index (χ4v) is 1.98. The Balaban J connectivity index is 2.18. The molecule has 1 aromatic carbocycles. The standard InChI is InChI=1S/C14H18FN3O/c1-9-14(10(2)18(3)17-9)19-8-12-6-11(7-16)4-5-13(12)15/h4-6H,7-8,16H2,1-3H3. The molecule has 0 saturated carbocycles. The summed E-state index contributed by atoms with van der Waals surface area (Å²) in [6, 6.07) is 4.83. The van der Waals surface area contributed by atoms with Crippen LogP contribution in [0.5, 0.6) is 5.75 Å². The van der Waals surface area contributed by atoms with Gasteiger partial charge >= 0.3 is 0 Å². The Kier molecular flexibility index (Phi) is 3.85. The van der Waals surface area contributed by atoms with Gasteiger partial charge in [0.15, 0.2) is 5.75 Å². The van der Waals surface area contributed by atoms with E-state index >= 15 is 0 Å². The maximum atomic E-state index is 13.7. The first-order valence-electron chi connectivity index (χ1n) is 6.13. The molecular formula is C14H18FN3O.